The number of nitrogens with zero attached hydrogens (tertiary/aromatic N) is 9. The molecule has 11 nitrogen and oxygen atoms in total. The maximum absolute atomic E-state index is 13.7. The Labute approximate surface area is 207 Å². The Morgan fingerprint density at radius 3 is 2.64 bits per heavy atom. The molecule has 0 amide bonds. The summed E-state index contributed by atoms with van der Waals surface area (Å²) in [6.45, 7) is 6.59. The van der Waals surface area contributed by atoms with Crippen LogP contribution >= 0.6 is 0 Å². The van der Waals surface area contributed by atoms with Gasteiger partial charge in [-0.05, 0) is 59.9 Å². The number of aryl methyl sites for hydroxylation is 1. The van der Waals surface area contributed by atoms with Crippen molar-refractivity contribution < 1.29 is 0 Å². The van der Waals surface area contributed by atoms with Crippen LogP contribution in [0, 0.1) is 0 Å². The molecule has 0 aliphatic carbocycles. The largest absolute Gasteiger partial charge is 0.335 e. The smallest absolute Gasteiger partial charge is 0.297 e. The SMILES string of the molecule is CCCCc1cn(-c2nncn2C(C)C)c(=O)n1Cc1cnccc1-c1ccccc1-c1nnn[nH]1. The third-order valence-electron chi connectivity index (χ3n) is 6.22. The van der Waals surface area contributed by atoms with Crippen LogP contribution in [-0.4, -0.2) is 49.5 Å². The second kappa shape index (κ2) is 10.1. The molecule has 0 unspecified atom stereocenters. The molecule has 4 heterocycles. The summed E-state index contributed by atoms with van der Waals surface area (Å²) in [6, 6.07) is 9.99. The van der Waals surface area contributed by atoms with Crippen LogP contribution in [0.4, 0.5) is 0 Å². The number of hydrogen-bond donors (Lipinski definition) is 1. The van der Waals surface area contributed by atoms with Crippen LogP contribution in [-0.2, 0) is 13.0 Å². The van der Waals surface area contributed by atoms with Gasteiger partial charge < -0.3 is 0 Å². The van der Waals surface area contributed by atoms with Crippen LogP contribution in [0.15, 0.2) is 60.0 Å². The number of aromatic nitrogens is 10. The summed E-state index contributed by atoms with van der Waals surface area (Å²) in [6.07, 6.45) is 9.90. The van der Waals surface area contributed by atoms with Gasteiger partial charge >= 0.3 is 5.69 Å². The van der Waals surface area contributed by atoms with Crippen LogP contribution in [0.25, 0.3) is 28.5 Å². The monoisotopic (exact) mass is 484 g/mol. The molecule has 0 bridgehead atoms. The molecule has 1 N–H and O–H groups in total. The van der Waals surface area contributed by atoms with Gasteiger partial charge in [-0.1, -0.05) is 37.6 Å². The molecule has 184 valence electrons. The number of rotatable bonds is 9. The van der Waals surface area contributed by atoms with Crippen LogP contribution in [0.5, 0.6) is 0 Å². The zero-order valence-electron chi connectivity index (χ0n) is 20.5. The lowest BCUT2D eigenvalue weighted by atomic mass is 9.96. The third kappa shape index (κ3) is 4.35. The topological polar surface area (TPSA) is 125 Å². The Morgan fingerprint density at radius 1 is 1.06 bits per heavy atom. The first-order valence-electron chi connectivity index (χ1n) is 12.1. The Morgan fingerprint density at radius 2 is 1.89 bits per heavy atom. The third-order valence-corrected chi connectivity index (χ3v) is 6.22. The summed E-state index contributed by atoms with van der Waals surface area (Å²) in [4.78, 5) is 18.1. The lowest BCUT2D eigenvalue weighted by Crippen LogP contribution is -2.27. The fourth-order valence-corrected chi connectivity index (χ4v) is 4.35. The first-order valence-corrected chi connectivity index (χ1v) is 12.1. The highest BCUT2D eigenvalue weighted by atomic mass is 16.2. The van der Waals surface area contributed by atoms with Gasteiger partial charge in [0.2, 0.25) is 5.95 Å². The number of unbranched alkanes of at least 4 members (excludes halogenated alkanes) is 1. The molecule has 0 aliphatic rings. The summed E-state index contributed by atoms with van der Waals surface area (Å²) in [5.41, 5.74) is 4.50. The standard InChI is InChI=1S/C25H28N10O/c1-4-5-8-19-15-34(24-30-27-16-35(24)17(2)3)25(36)33(19)14-18-13-26-12-11-20(18)21-9-6-7-10-22(21)23-28-31-32-29-23/h6-7,9-13,15-17H,4-5,8,14H2,1-3H3,(H,28,29,31,32). The quantitative estimate of drug-likeness (QED) is 0.340. The van der Waals surface area contributed by atoms with E-state index in [4.69, 9.17) is 0 Å². The maximum atomic E-state index is 13.7. The number of aromatic amines is 1. The Hall–Kier alpha value is -4.41. The summed E-state index contributed by atoms with van der Waals surface area (Å²) < 4.78 is 5.31. The molecule has 0 atom stereocenters. The Bertz CT molecular complexity index is 1510. The molecule has 0 radical (unpaired) electrons. The van der Waals surface area contributed by atoms with Crippen molar-refractivity contribution in [2.24, 2.45) is 0 Å². The maximum Gasteiger partial charge on any atom is 0.335 e. The van der Waals surface area contributed by atoms with Gasteiger partial charge in [0.05, 0.1) is 6.54 Å². The molecule has 11 heteroatoms. The van der Waals surface area contributed by atoms with Gasteiger partial charge in [0, 0.05) is 35.9 Å². The van der Waals surface area contributed by atoms with Gasteiger partial charge in [0.1, 0.15) is 6.33 Å². The van der Waals surface area contributed by atoms with Crippen molar-refractivity contribution >= 4 is 0 Å². The van der Waals surface area contributed by atoms with Gasteiger partial charge in [-0.15, -0.1) is 15.3 Å². The molecular weight excluding hydrogens is 456 g/mol. The van der Waals surface area contributed by atoms with E-state index in [0.717, 1.165) is 47.2 Å². The molecule has 5 rings (SSSR count). The fraction of sp³-hybridized carbons (Fsp3) is 0.320. The van der Waals surface area contributed by atoms with E-state index >= 15 is 0 Å². The molecule has 4 aromatic heterocycles. The number of imidazole rings is 1. The second-order valence-electron chi connectivity index (χ2n) is 8.92. The van der Waals surface area contributed by atoms with Crippen molar-refractivity contribution in [3.05, 3.63) is 77.0 Å². The summed E-state index contributed by atoms with van der Waals surface area (Å²) >= 11 is 0. The predicted octanol–water partition coefficient (Wildman–Crippen LogP) is 3.44. The molecule has 1 aromatic carbocycles. The highest BCUT2D eigenvalue weighted by molar-refractivity contribution is 5.81. The zero-order valence-corrected chi connectivity index (χ0v) is 20.5. The van der Waals surface area contributed by atoms with E-state index in [0.29, 0.717) is 18.3 Å². The molecule has 0 aliphatic heterocycles. The predicted molar refractivity (Wildman–Crippen MR) is 135 cm³/mol. The van der Waals surface area contributed by atoms with Crippen molar-refractivity contribution in [3.63, 3.8) is 0 Å². The van der Waals surface area contributed by atoms with E-state index in [-0.39, 0.29) is 11.7 Å². The van der Waals surface area contributed by atoms with Crippen molar-refractivity contribution in [2.45, 2.75) is 52.6 Å². The molecule has 0 spiro atoms. The van der Waals surface area contributed by atoms with E-state index in [9.17, 15) is 4.79 Å². The molecule has 36 heavy (non-hydrogen) atoms. The van der Waals surface area contributed by atoms with Gasteiger partial charge in [-0.2, -0.15) is 0 Å². The summed E-state index contributed by atoms with van der Waals surface area (Å²) in [7, 11) is 0. The van der Waals surface area contributed by atoms with E-state index in [1.807, 2.05) is 65.7 Å². The van der Waals surface area contributed by atoms with E-state index < -0.39 is 0 Å². The minimum absolute atomic E-state index is 0.122. The number of hydrogen-bond acceptors (Lipinski definition) is 7. The molecule has 0 saturated heterocycles. The number of tetrazole rings is 1. The molecule has 5 aromatic rings. The number of pyridine rings is 1. The van der Waals surface area contributed by atoms with E-state index in [2.05, 4.69) is 42.7 Å². The first-order chi connectivity index (χ1) is 17.6. The van der Waals surface area contributed by atoms with Crippen molar-refractivity contribution in [3.8, 4) is 28.5 Å². The van der Waals surface area contributed by atoms with Crippen molar-refractivity contribution in [1.29, 1.82) is 0 Å². The summed E-state index contributed by atoms with van der Waals surface area (Å²) in [5.74, 6) is 1.09. The van der Waals surface area contributed by atoms with Crippen LogP contribution < -0.4 is 5.69 Å². The van der Waals surface area contributed by atoms with E-state index in [1.54, 1.807) is 17.1 Å². The molecular formula is C25H28N10O. The van der Waals surface area contributed by atoms with E-state index in [1.165, 1.54) is 0 Å². The molecule has 0 saturated carbocycles. The minimum atomic E-state index is -0.154. The average molecular weight is 485 g/mol. The molecule has 0 fully saturated rings. The van der Waals surface area contributed by atoms with Gasteiger partial charge in [-0.3, -0.25) is 14.1 Å². The van der Waals surface area contributed by atoms with Crippen molar-refractivity contribution in [2.75, 3.05) is 0 Å². The highest BCUT2D eigenvalue weighted by Crippen LogP contribution is 2.32. The van der Waals surface area contributed by atoms with Gasteiger partial charge in [-0.25, -0.2) is 14.5 Å². The Kier molecular flexibility index (Phi) is 6.52. The lowest BCUT2D eigenvalue weighted by molar-refractivity contribution is 0.576. The minimum Gasteiger partial charge on any atom is -0.297 e. The summed E-state index contributed by atoms with van der Waals surface area (Å²) in [5, 5.41) is 22.7. The van der Waals surface area contributed by atoms with Crippen LogP contribution in [0.3, 0.4) is 0 Å². The second-order valence-corrected chi connectivity index (χ2v) is 8.92. The number of H-pyrrole nitrogens is 1. The first kappa shape index (κ1) is 23.3. The lowest BCUT2D eigenvalue weighted by Gasteiger charge is -2.14. The van der Waals surface area contributed by atoms with Gasteiger partial charge in [0.15, 0.2) is 5.82 Å². The zero-order chi connectivity index (χ0) is 25.1. The number of nitrogens with one attached hydrogen (secondary N) is 1. The average Bonchev–Trinajstić information content (AvgIpc) is 3.65. The normalized spacial score (nSPS) is 11.4. The van der Waals surface area contributed by atoms with Crippen molar-refractivity contribution in [1.82, 2.24) is 49.5 Å². The van der Waals surface area contributed by atoms with Gasteiger partial charge in [0.25, 0.3) is 0 Å². The highest BCUT2D eigenvalue weighted by Gasteiger charge is 2.20. The van der Waals surface area contributed by atoms with Crippen LogP contribution in [0.1, 0.15) is 50.9 Å². The fourth-order valence-electron chi connectivity index (χ4n) is 4.35. The van der Waals surface area contributed by atoms with Crippen LogP contribution in [0.2, 0.25) is 0 Å². The number of benzene rings is 1. The Balaban J connectivity index is 1.61.